The second kappa shape index (κ2) is 7.28. The molecule has 0 saturated heterocycles. The summed E-state index contributed by atoms with van der Waals surface area (Å²) in [7, 11) is 0. The average Bonchev–Trinajstić information content (AvgIpc) is 2.95. The fourth-order valence-corrected chi connectivity index (χ4v) is 3.41. The molecular formula is C12H15BrClN3S. The number of imidazole rings is 1. The van der Waals surface area contributed by atoms with Crippen molar-refractivity contribution in [2.75, 3.05) is 6.54 Å². The molecule has 6 heteroatoms. The maximum atomic E-state index is 5.98. The maximum absolute atomic E-state index is 5.98. The predicted molar refractivity (Wildman–Crippen MR) is 80.2 cm³/mol. The standard InChI is InChI=1S/C12H15BrClN3S/c13-11-7-10(18-12(11)14)8-15-3-1-2-5-17-6-4-16-9-17/h4,6-7,9,15H,1-3,5,8H2. The number of hydrogen-bond acceptors (Lipinski definition) is 3. The fraction of sp³-hybridized carbons (Fsp3) is 0.417. The van der Waals surface area contributed by atoms with E-state index in [9.17, 15) is 0 Å². The highest BCUT2D eigenvalue weighted by Gasteiger charge is 2.03. The molecule has 2 aromatic heterocycles. The second-order valence-corrected chi connectivity index (χ2v) is 6.61. The third-order valence-electron chi connectivity index (χ3n) is 2.57. The SMILES string of the molecule is Clc1sc(CNCCCCn2ccnc2)cc1Br. The van der Waals surface area contributed by atoms with E-state index in [0.717, 1.165) is 34.9 Å². The van der Waals surface area contributed by atoms with E-state index in [1.807, 2.05) is 18.7 Å². The topological polar surface area (TPSA) is 29.9 Å². The monoisotopic (exact) mass is 347 g/mol. The maximum Gasteiger partial charge on any atom is 0.107 e. The fourth-order valence-electron chi connectivity index (χ4n) is 1.65. The van der Waals surface area contributed by atoms with Gasteiger partial charge in [-0.15, -0.1) is 11.3 Å². The minimum absolute atomic E-state index is 0.826. The molecule has 0 unspecified atom stereocenters. The summed E-state index contributed by atoms with van der Waals surface area (Å²) >= 11 is 11.0. The second-order valence-electron chi connectivity index (χ2n) is 4.02. The summed E-state index contributed by atoms with van der Waals surface area (Å²) in [5.74, 6) is 0. The number of unbranched alkanes of at least 4 members (excludes halogenated alkanes) is 1. The summed E-state index contributed by atoms with van der Waals surface area (Å²) < 4.78 is 3.92. The van der Waals surface area contributed by atoms with E-state index in [1.54, 1.807) is 11.3 Å². The molecule has 0 fully saturated rings. The van der Waals surface area contributed by atoms with Crippen molar-refractivity contribution in [3.63, 3.8) is 0 Å². The number of rotatable bonds is 7. The Hall–Kier alpha value is -0.360. The van der Waals surface area contributed by atoms with Gasteiger partial charge in [0.2, 0.25) is 0 Å². The van der Waals surface area contributed by atoms with Crippen LogP contribution in [-0.2, 0) is 13.1 Å². The molecule has 98 valence electrons. The number of aromatic nitrogens is 2. The highest BCUT2D eigenvalue weighted by molar-refractivity contribution is 9.10. The number of halogens is 2. The number of nitrogens with zero attached hydrogens (tertiary/aromatic N) is 2. The van der Waals surface area contributed by atoms with E-state index in [0.29, 0.717) is 0 Å². The van der Waals surface area contributed by atoms with Crippen molar-refractivity contribution < 1.29 is 0 Å². The van der Waals surface area contributed by atoms with Gasteiger partial charge in [-0.1, -0.05) is 11.6 Å². The summed E-state index contributed by atoms with van der Waals surface area (Å²) in [4.78, 5) is 5.28. The molecule has 0 radical (unpaired) electrons. The molecule has 18 heavy (non-hydrogen) atoms. The highest BCUT2D eigenvalue weighted by atomic mass is 79.9. The third-order valence-corrected chi connectivity index (χ3v) is 5.05. The van der Waals surface area contributed by atoms with Crippen molar-refractivity contribution in [1.82, 2.24) is 14.9 Å². The summed E-state index contributed by atoms with van der Waals surface area (Å²) in [5.41, 5.74) is 0. The normalized spacial score (nSPS) is 11.0. The van der Waals surface area contributed by atoms with Gasteiger partial charge in [-0.25, -0.2) is 4.98 Å². The van der Waals surface area contributed by atoms with Gasteiger partial charge in [0.05, 0.1) is 6.33 Å². The lowest BCUT2D eigenvalue weighted by molar-refractivity contribution is 0.570. The molecule has 0 amide bonds. The average molecular weight is 349 g/mol. The number of aryl methyl sites for hydroxylation is 1. The van der Waals surface area contributed by atoms with Crippen molar-refractivity contribution in [2.24, 2.45) is 0 Å². The molecule has 0 spiro atoms. The minimum atomic E-state index is 0.826. The Bertz CT molecular complexity index is 450. The molecule has 0 aromatic carbocycles. The Balaban J connectivity index is 1.56. The van der Waals surface area contributed by atoms with Gasteiger partial charge < -0.3 is 9.88 Å². The molecular weight excluding hydrogens is 334 g/mol. The molecule has 0 saturated carbocycles. The minimum Gasteiger partial charge on any atom is -0.337 e. The highest BCUT2D eigenvalue weighted by Crippen LogP contribution is 2.31. The molecule has 0 bridgehead atoms. The van der Waals surface area contributed by atoms with Gasteiger partial charge in [0.1, 0.15) is 4.34 Å². The lowest BCUT2D eigenvalue weighted by Gasteiger charge is -2.04. The molecule has 2 aromatic rings. The van der Waals surface area contributed by atoms with Gasteiger partial charge >= 0.3 is 0 Å². The zero-order chi connectivity index (χ0) is 12.8. The number of nitrogens with one attached hydrogen (secondary N) is 1. The van der Waals surface area contributed by atoms with E-state index in [4.69, 9.17) is 11.6 Å². The van der Waals surface area contributed by atoms with Crippen molar-refractivity contribution in [2.45, 2.75) is 25.9 Å². The van der Waals surface area contributed by atoms with Crippen LogP contribution in [0, 0.1) is 0 Å². The lowest BCUT2D eigenvalue weighted by Crippen LogP contribution is -2.14. The first-order valence-corrected chi connectivity index (χ1v) is 7.84. The Morgan fingerprint density at radius 3 is 3.00 bits per heavy atom. The van der Waals surface area contributed by atoms with Crippen molar-refractivity contribution in [3.05, 3.63) is 38.5 Å². The zero-order valence-corrected chi connectivity index (χ0v) is 13.1. The first-order valence-electron chi connectivity index (χ1n) is 5.86. The Morgan fingerprint density at radius 1 is 1.44 bits per heavy atom. The number of hydrogen-bond donors (Lipinski definition) is 1. The predicted octanol–water partition coefficient (Wildman–Crippen LogP) is 3.93. The summed E-state index contributed by atoms with van der Waals surface area (Å²) in [6.07, 6.45) is 8.00. The molecule has 2 rings (SSSR count). The van der Waals surface area contributed by atoms with Crippen LogP contribution >= 0.6 is 38.9 Å². The van der Waals surface area contributed by atoms with Gasteiger partial charge in [-0.2, -0.15) is 0 Å². The molecule has 0 aliphatic rings. The van der Waals surface area contributed by atoms with Crippen LogP contribution < -0.4 is 5.32 Å². The third kappa shape index (κ3) is 4.39. The smallest absolute Gasteiger partial charge is 0.107 e. The summed E-state index contributed by atoms with van der Waals surface area (Å²) in [5, 5.41) is 3.43. The Morgan fingerprint density at radius 2 is 2.33 bits per heavy atom. The van der Waals surface area contributed by atoms with Crippen LogP contribution in [0.5, 0.6) is 0 Å². The van der Waals surface area contributed by atoms with E-state index < -0.39 is 0 Å². The van der Waals surface area contributed by atoms with E-state index in [2.05, 4.69) is 36.9 Å². The summed E-state index contributed by atoms with van der Waals surface area (Å²) in [6.45, 7) is 2.96. The van der Waals surface area contributed by atoms with Gasteiger partial charge in [0, 0.05) is 34.8 Å². The van der Waals surface area contributed by atoms with Crippen LogP contribution in [0.4, 0.5) is 0 Å². The van der Waals surface area contributed by atoms with Gasteiger partial charge in [-0.3, -0.25) is 0 Å². The van der Waals surface area contributed by atoms with Crippen molar-refractivity contribution in [3.8, 4) is 0 Å². The molecule has 3 nitrogen and oxygen atoms in total. The lowest BCUT2D eigenvalue weighted by atomic mass is 10.3. The van der Waals surface area contributed by atoms with Crippen LogP contribution in [-0.4, -0.2) is 16.1 Å². The van der Waals surface area contributed by atoms with E-state index in [-0.39, 0.29) is 0 Å². The first kappa shape index (κ1) is 14.1. The van der Waals surface area contributed by atoms with Gasteiger partial charge in [0.15, 0.2) is 0 Å². The molecule has 0 aliphatic heterocycles. The largest absolute Gasteiger partial charge is 0.337 e. The van der Waals surface area contributed by atoms with Crippen molar-refractivity contribution >= 4 is 38.9 Å². The van der Waals surface area contributed by atoms with E-state index in [1.165, 1.54) is 11.3 Å². The van der Waals surface area contributed by atoms with Crippen LogP contribution in [0.1, 0.15) is 17.7 Å². The molecule has 2 heterocycles. The quantitative estimate of drug-likeness (QED) is 0.768. The first-order chi connectivity index (χ1) is 8.75. The Labute approximate surface area is 124 Å². The zero-order valence-electron chi connectivity index (χ0n) is 9.90. The number of thiophene rings is 1. The molecule has 0 aliphatic carbocycles. The summed E-state index contributed by atoms with van der Waals surface area (Å²) in [6, 6.07) is 2.07. The van der Waals surface area contributed by atoms with Crippen LogP contribution in [0.25, 0.3) is 0 Å². The van der Waals surface area contributed by atoms with E-state index >= 15 is 0 Å². The van der Waals surface area contributed by atoms with Crippen molar-refractivity contribution in [1.29, 1.82) is 0 Å². The molecule has 1 N–H and O–H groups in total. The van der Waals surface area contributed by atoms with Crippen LogP contribution in [0.15, 0.2) is 29.3 Å². The molecule has 0 atom stereocenters. The van der Waals surface area contributed by atoms with Crippen LogP contribution in [0.3, 0.4) is 0 Å². The van der Waals surface area contributed by atoms with Gasteiger partial charge in [0.25, 0.3) is 0 Å². The van der Waals surface area contributed by atoms with Gasteiger partial charge in [-0.05, 0) is 41.4 Å². The van der Waals surface area contributed by atoms with Crippen LogP contribution in [0.2, 0.25) is 4.34 Å². The Kier molecular flexibility index (Phi) is 5.69.